The lowest BCUT2D eigenvalue weighted by Crippen LogP contribution is -2.61. The number of amides is 1. The van der Waals surface area contributed by atoms with Gasteiger partial charge in [-0.1, -0.05) is 232 Å². The summed E-state index contributed by atoms with van der Waals surface area (Å²) in [5.74, 6) is -1.26. The lowest BCUT2D eigenvalue weighted by atomic mass is 9.99. The largest absolute Gasteiger partial charge is 0.454 e. The van der Waals surface area contributed by atoms with Gasteiger partial charge in [0.25, 0.3) is 0 Å². The van der Waals surface area contributed by atoms with Crippen molar-refractivity contribution >= 4 is 11.9 Å². The number of carbonyl (C=O) groups excluding carboxylic acids is 2. The summed E-state index contributed by atoms with van der Waals surface area (Å²) in [4.78, 5) is 26.5. The van der Waals surface area contributed by atoms with Crippen LogP contribution in [0.4, 0.5) is 0 Å². The second kappa shape index (κ2) is 50.9. The summed E-state index contributed by atoms with van der Waals surface area (Å²) < 4.78 is 17.5. The van der Waals surface area contributed by atoms with Crippen LogP contribution in [-0.4, -0.2) is 99.6 Å². The molecule has 8 unspecified atom stereocenters. The van der Waals surface area contributed by atoms with Crippen molar-refractivity contribution in [3.63, 3.8) is 0 Å². The molecule has 1 aliphatic rings. The maximum Gasteiger partial charge on any atom is 0.306 e. The molecule has 0 aromatic rings. The Kier molecular flexibility index (Phi) is 46.8. The van der Waals surface area contributed by atoms with Gasteiger partial charge < -0.3 is 45.1 Å². The van der Waals surface area contributed by atoms with Gasteiger partial charge in [-0.15, -0.1) is 0 Å². The minimum atomic E-state index is -1.64. The van der Waals surface area contributed by atoms with Crippen molar-refractivity contribution in [2.24, 2.45) is 0 Å². The lowest BCUT2D eigenvalue weighted by molar-refractivity contribution is -0.305. The standard InChI is InChI=1S/C64H105NO10/c1-4-7-10-13-16-19-22-25-27-28-29-30-31-34-37-40-43-46-49-52-59(69)75-62-61(71)60(70)58(53-66)74-64(62)73-54-55(56(67)50-47-44-41-38-35-32-24-21-18-15-12-9-6-3)65-63(72)57(68)51-48-45-42-39-36-33-26-23-20-17-14-11-8-5-2/h7-8,10-11,14,16-17,19-20,23,25-27,29-30,33-34,37,47,50,55-58,60-62,64,66-68,70-71H,4-6,9,12-13,15,18,21-22,24,28,31-32,35-36,38-46,48-49,51-54H2,1-3H3,(H,65,72)/b10-7-,11-8+,17-14+,19-16-,23-20+,27-25-,30-29-,33-26-,37-34-,50-47+. The van der Waals surface area contributed by atoms with E-state index in [2.05, 4.69) is 99.0 Å². The second-order valence-electron chi connectivity index (χ2n) is 19.7. The van der Waals surface area contributed by atoms with E-state index in [0.717, 1.165) is 109 Å². The highest BCUT2D eigenvalue weighted by Crippen LogP contribution is 2.26. The number of esters is 1. The van der Waals surface area contributed by atoms with Crippen LogP contribution < -0.4 is 5.32 Å². The fourth-order valence-electron chi connectivity index (χ4n) is 8.33. The summed E-state index contributed by atoms with van der Waals surface area (Å²) in [5, 5.41) is 56.8. The molecule has 0 bridgehead atoms. The van der Waals surface area contributed by atoms with Gasteiger partial charge in [0.15, 0.2) is 12.4 Å². The quantitative estimate of drug-likeness (QED) is 0.0149. The number of nitrogens with one attached hydrogen (secondary N) is 1. The fraction of sp³-hybridized carbons (Fsp3) is 0.656. The van der Waals surface area contributed by atoms with Crippen LogP contribution in [0.2, 0.25) is 0 Å². The molecule has 1 heterocycles. The van der Waals surface area contributed by atoms with Crippen LogP contribution in [0.15, 0.2) is 122 Å². The highest BCUT2D eigenvalue weighted by atomic mass is 16.7. The minimum Gasteiger partial charge on any atom is -0.454 e. The van der Waals surface area contributed by atoms with Crippen molar-refractivity contribution in [3.8, 4) is 0 Å². The molecule has 1 saturated heterocycles. The molecule has 11 heteroatoms. The van der Waals surface area contributed by atoms with Crippen LogP contribution in [0.5, 0.6) is 0 Å². The van der Waals surface area contributed by atoms with Crippen LogP contribution >= 0.6 is 0 Å². The molecule has 1 aliphatic heterocycles. The van der Waals surface area contributed by atoms with Crippen molar-refractivity contribution in [1.82, 2.24) is 5.32 Å². The molecular formula is C64H105NO10. The predicted octanol–water partition coefficient (Wildman–Crippen LogP) is 13.5. The number of unbranched alkanes of at least 4 members (excludes halogenated alkanes) is 18. The molecule has 1 rings (SSSR count). The summed E-state index contributed by atoms with van der Waals surface area (Å²) in [6, 6.07) is -1.05. The average Bonchev–Trinajstić information content (AvgIpc) is 3.41. The van der Waals surface area contributed by atoms with Gasteiger partial charge >= 0.3 is 5.97 Å². The monoisotopic (exact) mass is 1050 g/mol. The Labute approximate surface area is 455 Å². The molecule has 0 aromatic carbocycles. The van der Waals surface area contributed by atoms with E-state index in [1.807, 2.05) is 42.5 Å². The minimum absolute atomic E-state index is 0.0740. The number of ether oxygens (including phenoxy) is 3. The van der Waals surface area contributed by atoms with Gasteiger partial charge in [-0.3, -0.25) is 9.59 Å². The molecule has 75 heavy (non-hydrogen) atoms. The summed E-state index contributed by atoms with van der Waals surface area (Å²) in [6.45, 7) is 5.48. The van der Waals surface area contributed by atoms with Crippen molar-refractivity contribution in [1.29, 1.82) is 0 Å². The third-order valence-electron chi connectivity index (χ3n) is 13.0. The Hall–Kier alpha value is -3.94. The number of aliphatic hydroxyl groups excluding tert-OH is 5. The van der Waals surface area contributed by atoms with Crippen LogP contribution in [-0.2, 0) is 23.8 Å². The van der Waals surface area contributed by atoms with Crippen LogP contribution in [0.1, 0.15) is 207 Å². The van der Waals surface area contributed by atoms with Gasteiger partial charge in [-0.25, -0.2) is 0 Å². The zero-order chi connectivity index (χ0) is 54.7. The molecule has 11 nitrogen and oxygen atoms in total. The summed E-state index contributed by atoms with van der Waals surface area (Å²) in [5.41, 5.74) is 0. The molecule has 6 N–H and O–H groups in total. The van der Waals surface area contributed by atoms with E-state index in [1.54, 1.807) is 6.08 Å². The van der Waals surface area contributed by atoms with Crippen LogP contribution in [0.3, 0.4) is 0 Å². The third kappa shape index (κ3) is 39.1. The zero-order valence-electron chi connectivity index (χ0n) is 46.9. The van der Waals surface area contributed by atoms with Gasteiger partial charge in [0, 0.05) is 6.42 Å². The number of rotatable bonds is 47. The molecule has 1 fully saturated rings. The lowest BCUT2D eigenvalue weighted by Gasteiger charge is -2.41. The van der Waals surface area contributed by atoms with Gasteiger partial charge in [0.2, 0.25) is 5.91 Å². The number of allylic oxidation sites excluding steroid dienone is 19. The van der Waals surface area contributed by atoms with Crippen LogP contribution in [0, 0.1) is 0 Å². The normalized spacial score (nSPS) is 20.1. The van der Waals surface area contributed by atoms with E-state index in [9.17, 15) is 35.1 Å². The highest BCUT2D eigenvalue weighted by Gasteiger charge is 2.47. The average molecular weight is 1050 g/mol. The smallest absolute Gasteiger partial charge is 0.306 e. The molecule has 8 atom stereocenters. The van der Waals surface area contributed by atoms with E-state index in [1.165, 1.54) is 51.4 Å². The van der Waals surface area contributed by atoms with Crippen molar-refractivity contribution in [2.75, 3.05) is 13.2 Å². The van der Waals surface area contributed by atoms with E-state index >= 15 is 0 Å². The van der Waals surface area contributed by atoms with E-state index in [4.69, 9.17) is 14.2 Å². The first-order chi connectivity index (χ1) is 36.7. The fourth-order valence-corrected chi connectivity index (χ4v) is 8.33. The molecule has 0 saturated carbocycles. The van der Waals surface area contributed by atoms with Gasteiger partial charge in [0.1, 0.15) is 24.4 Å². The van der Waals surface area contributed by atoms with Gasteiger partial charge in [0.05, 0.1) is 25.4 Å². The predicted molar refractivity (Wildman–Crippen MR) is 310 cm³/mol. The Bertz CT molecular complexity index is 1680. The van der Waals surface area contributed by atoms with Crippen LogP contribution in [0.25, 0.3) is 0 Å². The second-order valence-corrected chi connectivity index (χ2v) is 19.7. The van der Waals surface area contributed by atoms with Gasteiger partial charge in [-0.05, 0) is 89.9 Å². The first kappa shape index (κ1) is 69.1. The Morgan fingerprint density at radius 1 is 0.547 bits per heavy atom. The van der Waals surface area contributed by atoms with E-state index < -0.39 is 67.4 Å². The summed E-state index contributed by atoms with van der Waals surface area (Å²) in [7, 11) is 0. The Morgan fingerprint density at radius 2 is 1.03 bits per heavy atom. The SMILES string of the molecule is CC/C=C\C/C=C\C/C=C\C/C=C\C/C=C\CCCCCC(=O)OC1C(OCC(NC(=O)C(O)CCCCCC\C=C/C=C/C=C/C=C/CC)C(O)/C=C/CCCCCCCCCCCCC)OC(CO)C(O)C1O. The summed E-state index contributed by atoms with van der Waals surface area (Å²) >= 11 is 0. The first-order valence-electron chi connectivity index (χ1n) is 29.4. The zero-order valence-corrected chi connectivity index (χ0v) is 46.9. The maximum atomic E-state index is 13.4. The van der Waals surface area contributed by atoms with Crippen molar-refractivity contribution in [3.05, 3.63) is 122 Å². The summed E-state index contributed by atoms with van der Waals surface area (Å²) in [6.07, 6.45) is 59.5. The highest BCUT2D eigenvalue weighted by molar-refractivity contribution is 5.80. The molecule has 0 radical (unpaired) electrons. The van der Waals surface area contributed by atoms with Gasteiger partial charge in [-0.2, -0.15) is 0 Å². The molecule has 0 spiro atoms. The van der Waals surface area contributed by atoms with Crippen molar-refractivity contribution < 1.29 is 49.3 Å². The molecule has 0 aliphatic carbocycles. The number of carbonyl (C=O) groups is 2. The Balaban J connectivity index is 2.77. The Morgan fingerprint density at radius 3 is 1.60 bits per heavy atom. The van der Waals surface area contributed by atoms with Crippen molar-refractivity contribution in [2.45, 2.75) is 256 Å². The molecular weight excluding hydrogens is 943 g/mol. The van der Waals surface area contributed by atoms with E-state index in [-0.39, 0.29) is 19.4 Å². The third-order valence-corrected chi connectivity index (χ3v) is 13.0. The molecule has 0 aromatic heterocycles. The van der Waals surface area contributed by atoms with E-state index in [0.29, 0.717) is 12.8 Å². The number of aliphatic hydroxyl groups is 5. The molecule has 426 valence electrons. The number of hydrogen-bond acceptors (Lipinski definition) is 10. The number of hydrogen-bond donors (Lipinski definition) is 6. The maximum absolute atomic E-state index is 13.4. The first-order valence-corrected chi connectivity index (χ1v) is 29.4. The topological polar surface area (TPSA) is 175 Å². The molecule has 1 amide bonds.